The molecule has 3 nitrogen and oxygen atoms in total. The summed E-state index contributed by atoms with van der Waals surface area (Å²) in [5.74, 6) is 1.72. The second kappa shape index (κ2) is 11.0. The van der Waals surface area contributed by atoms with Gasteiger partial charge in [0, 0.05) is 32.8 Å². The van der Waals surface area contributed by atoms with E-state index in [4.69, 9.17) is 9.15 Å². The van der Waals surface area contributed by atoms with Crippen LogP contribution in [-0.2, 0) is 0 Å². The predicted octanol–water partition coefficient (Wildman–Crippen LogP) is 13.3. The average Bonchev–Trinajstić information content (AvgIpc) is 3.48. The largest absolute Gasteiger partial charge is 0.456 e. The van der Waals surface area contributed by atoms with Crippen molar-refractivity contribution in [2.75, 3.05) is 4.90 Å². The first-order chi connectivity index (χ1) is 24.3. The van der Waals surface area contributed by atoms with Crippen LogP contribution in [0.15, 0.2) is 180 Å². The lowest BCUT2D eigenvalue weighted by Crippen LogP contribution is -2.12. The van der Waals surface area contributed by atoms with Gasteiger partial charge in [-0.2, -0.15) is 0 Å². The summed E-state index contributed by atoms with van der Waals surface area (Å²) in [5.41, 5.74) is 11.7. The second-order valence-electron chi connectivity index (χ2n) is 12.4. The highest BCUT2D eigenvalue weighted by Crippen LogP contribution is 2.52. The normalized spacial score (nSPS) is 11.8. The molecule has 0 fully saturated rings. The van der Waals surface area contributed by atoms with Gasteiger partial charge in [0.15, 0.2) is 0 Å². The summed E-state index contributed by atoms with van der Waals surface area (Å²) < 4.78 is 13.3. The lowest BCUT2D eigenvalue weighted by molar-refractivity contribution is 0.493. The summed E-state index contributed by atoms with van der Waals surface area (Å²) in [4.78, 5) is 2.40. The lowest BCUT2D eigenvalue weighted by Gasteiger charge is -2.30. The Kier molecular flexibility index (Phi) is 6.18. The van der Waals surface area contributed by atoms with E-state index in [-0.39, 0.29) is 0 Å². The number of hydrogen-bond acceptors (Lipinski definition) is 3. The van der Waals surface area contributed by atoms with Crippen LogP contribution in [0.5, 0.6) is 11.5 Å². The number of hydrogen-bond donors (Lipinski definition) is 0. The highest BCUT2D eigenvalue weighted by molar-refractivity contribution is 6.16. The van der Waals surface area contributed by atoms with Gasteiger partial charge in [0.2, 0.25) is 0 Å². The molecule has 0 saturated heterocycles. The summed E-state index contributed by atoms with van der Waals surface area (Å²) in [6, 6.07) is 61.9. The zero-order valence-corrected chi connectivity index (χ0v) is 26.5. The number of ether oxygens (including phenoxy) is 1. The monoisotopic (exact) mass is 627 g/mol. The lowest BCUT2D eigenvalue weighted by atomic mass is 9.92. The molecule has 0 saturated carbocycles. The van der Waals surface area contributed by atoms with E-state index in [2.05, 4.69) is 163 Å². The Morgan fingerprint density at radius 3 is 1.84 bits per heavy atom. The molecule has 0 unspecified atom stereocenters. The molecule has 0 atom stereocenters. The molecule has 0 spiro atoms. The van der Waals surface area contributed by atoms with E-state index in [9.17, 15) is 0 Å². The van der Waals surface area contributed by atoms with Crippen molar-refractivity contribution in [1.29, 1.82) is 0 Å². The van der Waals surface area contributed by atoms with Gasteiger partial charge in [-0.3, -0.25) is 0 Å². The summed E-state index contributed by atoms with van der Waals surface area (Å²) in [6.45, 7) is 0. The molecule has 2 heterocycles. The topological polar surface area (TPSA) is 25.6 Å². The summed E-state index contributed by atoms with van der Waals surface area (Å²) >= 11 is 0. The highest BCUT2D eigenvalue weighted by atomic mass is 16.5. The molecule has 1 aliphatic heterocycles. The van der Waals surface area contributed by atoms with Gasteiger partial charge in [0.05, 0.1) is 22.4 Å². The van der Waals surface area contributed by atoms with Crippen molar-refractivity contribution in [1.82, 2.24) is 0 Å². The van der Waals surface area contributed by atoms with Crippen molar-refractivity contribution in [2.24, 2.45) is 0 Å². The van der Waals surface area contributed by atoms with Crippen LogP contribution in [0.2, 0.25) is 0 Å². The van der Waals surface area contributed by atoms with Crippen LogP contribution < -0.4 is 9.64 Å². The Morgan fingerprint density at radius 1 is 0.347 bits per heavy atom. The minimum absolute atomic E-state index is 0.853. The van der Waals surface area contributed by atoms with Gasteiger partial charge in [0.25, 0.3) is 0 Å². The van der Waals surface area contributed by atoms with Gasteiger partial charge in [0.1, 0.15) is 22.7 Å². The average molecular weight is 628 g/mol. The maximum atomic E-state index is 6.92. The first-order valence-corrected chi connectivity index (χ1v) is 16.6. The number of rotatable bonds is 4. The number of furan rings is 1. The first kappa shape index (κ1) is 27.5. The van der Waals surface area contributed by atoms with E-state index < -0.39 is 0 Å². The van der Waals surface area contributed by atoms with E-state index in [1.165, 1.54) is 5.56 Å². The number of anilines is 3. The van der Waals surface area contributed by atoms with Gasteiger partial charge in [-0.15, -0.1) is 0 Å². The van der Waals surface area contributed by atoms with Gasteiger partial charge in [-0.1, -0.05) is 133 Å². The van der Waals surface area contributed by atoms with E-state index in [1.54, 1.807) is 0 Å². The minimum Gasteiger partial charge on any atom is -0.456 e. The third-order valence-electron chi connectivity index (χ3n) is 9.69. The standard InChI is InChI=1S/C46H29NO2/c1-2-14-30(15-3-1)31-16-6-9-22-39(31)47(41-24-13-27-44-45(41)38-20-8-11-26-43(38)48-44)40-23-12-21-36-34(40)28-29-37-33-18-5-4-17-32(33)35-19-7-10-25-42(35)49-46(36)37/h1-29H. The van der Waals surface area contributed by atoms with Gasteiger partial charge >= 0.3 is 0 Å². The Morgan fingerprint density at radius 2 is 0.959 bits per heavy atom. The van der Waals surface area contributed by atoms with E-state index in [0.717, 1.165) is 89.1 Å². The van der Waals surface area contributed by atoms with Crippen LogP contribution in [0.4, 0.5) is 17.1 Å². The second-order valence-corrected chi connectivity index (χ2v) is 12.4. The van der Waals surface area contributed by atoms with Gasteiger partial charge in [-0.05, 0) is 59.2 Å². The molecule has 9 aromatic rings. The molecule has 49 heavy (non-hydrogen) atoms. The van der Waals surface area contributed by atoms with Crippen LogP contribution >= 0.6 is 0 Å². The molecule has 0 amide bonds. The SMILES string of the molecule is c1ccc(-c2ccccc2N(c2cccc3c4c(ccc23)-c2ccccc2-c2ccccc2O4)c2cccc3oc4ccccc4c23)cc1. The maximum Gasteiger partial charge on any atom is 0.143 e. The molecule has 0 radical (unpaired) electrons. The van der Waals surface area contributed by atoms with Crippen molar-refractivity contribution in [2.45, 2.75) is 0 Å². The van der Waals surface area contributed by atoms with Gasteiger partial charge < -0.3 is 14.1 Å². The highest BCUT2D eigenvalue weighted by Gasteiger charge is 2.26. The number of nitrogens with zero attached hydrogens (tertiary/aromatic N) is 1. The quantitative estimate of drug-likeness (QED) is 0.194. The first-order valence-electron chi connectivity index (χ1n) is 16.6. The van der Waals surface area contributed by atoms with Crippen LogP contribution in [-0.4, -0.2) is 0 Å². The summed E-state index contributed by atoms with van der Waals surface area (Å²) in [6.07, 6.45) is 0. The van der Waals surface area contributed by atoms with Crippen molar-refractivity contribution in [3.05, 3.63) is 176 Å². The summed E-state index contributed by atoms with van der Waals surface area (Å²) in [7, 11) is 0. The van der Waals surface area contributed by atoms with E-state index >= 15 is 0 Å². The molecule has 230 valence electrons. The predicted molar refractivity (Wildman–Crippen MR) is 202 cm³/mol. The van der Waals surface area contributed by atoms with Crippen LogP contribution in [0.1, 0.15) is 0 Å². The zero-order chi connectivity index (χ0) is 32.3. The van der Waals surface area contributed by atoms with Crippen molar-refractivity contribution in [3.8, 4) is 44.9 Å². The molecule has 10 rings (SSSR count). The summed E-state index contributed by atoms with van der Waals surface area (Å²) in [5, 5.41) is 4.30. The van der Waals surface area contributed by atoms with Crippen LogP contribution in [0.25, 0.3) is 66.1 Å². The zero-order valence-electron chi connectivity index (χ0n) is 26.5. The molecule has 1 aliphatic rings. The fourth-order valence-electron chi connectivity index (χ4n) is 7.53. The van der Waals surface area contributed by atoms with Crippen LogP contribution in [0.3, 0.4) is 0 Å². The maximum absolute atomic E-state index is 6.92. The van der Waals surface area contributed by atoms with E-state index in [1.807, 2.05) is 18.2 Å². The molecular formula is C46H29NO2. The number of para-hydroxylation sites is 3. The Bertz CT molecular complexity index is 2710. The fraction of sp³-hybridized carbons (Fsp3) is 0. The van der Waals surface area contributed by atoms with Crippen LogP contribution in [0, 0.1) is 0 Å². The molecule has 8 aromatic carbocycles. The molecule has 0 bridgehead atoms. The Balaban J connectivity index is 1.29. The smallest absolute Gasteiger partial charge is 0.143 e. The number of benzene rings is 8. The third kappa shape index (κ3) is 4.29. The Labute approximate surface area is 283 Å². The van der Waals surface area contributed by atoms with E-state index in [0.29, 0.717) is 0 Å². The Hall–Kier alpha value is -6.58. The molecule has 0 N–H and O–H groups in total. The van der Waals surface area contributed by atoms with Crippen molar-refractivity contribution < 1.29 is 9.15 Å². The molecule has 3 heteroatoms. The number of fused-ring (bicyclic) bond motifs is 10. The van der Waals surface area contributed by atoms with Crippen molar-refractivity contribution >= 4 is 49.8 Å². The molecule has 1 aromatic heterocycles. The third-order valence-corrected chi connectivity index (χ3v) is 9.69. The fourth-order valence-corrected chi connectivity index (χ4v) is 7.53. The molecular weight excluding hydrogens is 599 g/mol. The molecule has 0 aliphatic carbocycles. The van der Waals surface area contributed by atoms with Crippen molar-refractivity contribution in [3.63, 3.8) is 0 Å². The van der Waals surface area contributed by atoms with Gasteiger partial charge in [-0.25, -0.2) is 0 Å². The minimum atomic E-state index is 0.853.